The molecule has 3 rings (SSSR count). The van der Waals surface area contributed by atoms with E-state index >= 15 is 0 Å². The fourth-order valence-electron chi connectivity index (χ4n) is 3.18. The summed E-state index contributed by atoms with van der Waals surface area (Å²) in [6.07, 6.45) is 4.46. The van der Waals surface area contributed by atoms with Crippen LogP contribution in [-0.2, 0) is 11.2 Å². The molecule has 0 unspecified atom stereocenters. The number of methoxy groups -OCH3 is 2. The lowest BCUT2D eigenvalue weighted by Crippen LogP contribution is -2.33. The van der Waals surface area contributed by atoms with Gasteiger partial charge in [-0.15, -0.1) is 11.3 Å². The summed E-state index contributed by atoms with van der Waals surface area (Å²) in [4.78, 5) is 20.2. The van der Waals surface area contributed by atoms with Crippen LogP contribution >= 0.6 is 11.3 Å². The first kappa shape index (κ1) is 20.2. The summed E-state index contributed by atoms with van der Waals surface area (Å²) in [5.41, 5.74) is 2.63. The van der Waals surface area contributed by atoms with Crippen molar-refractivity contribution in [2.24, 2.45) is 0 Å². The molecule has 28 heavy (non-hydrogen) atoms. The Morgan fingerprint density at radius 3 is 2.75 bits per heavy atom. The van der Waals surface area contributed by atoms with E-state index < -0.39 is 0 Å². The van der Waals surface area contributed by atoms with Gasteiger partial charge in [0, 0.05) is 35.9 Å². The van der Waals surface area contributed by atoms with Crippen molar-refractivity contribution < 1.29 is 14.3 Å². The van der Waals surface area contributed by atoms with E-state index in [4.69, 9.17) is 14.5 Å². The highest BCUT2D eigenvalue weighted by Gasteiger charge is 2.18. The molecule has 0 aliphatic carbocycles. The molecule has 0 fully saturated rings. The van der Waals surface area contributed by atoms with Gasteiger partial charge in [-0.05, 0) is 31.5 Å². The summed E-state index contributed by atoms with van der Waals surface area (Å²) in [6.45, 7) is 5.72. The van der Waals surface area contributed by atoms with Crippen molar-refractivity contribution in [1.82, 2.24) is 14.3 Å². The minimum Gasteiger partial charge on any atom is -0.497 e. The average Bonchev–Trinajstić information content (AvgIpc) is 3.30. The zero-order valence-electron chi connectivity index (χ0n) is 16.9. The number of rotatable bonds is 9. The summed E-state index contributed by atoms with van der Waals surface area (Å²) in [5.74, 6) is 1.64. The number of carbonyl (C=O) groups excluding carboxylic acids is 1. The lowest BCUT2D eigenvalue weighted by Gasteiger charge is -2.20. The van der Waals surface area contributed by atoms with Gasteiger partial charge in [-0.1, -0.05) is 13.3 Å². The SMILES string of the molecule is CCCCN(CC)C(=O)Cc1csc2nc(-c3cc(OC)ccc3OC)cn12. The van der Waals surface area contributed by atoms with Crippen molar-refractivity contribution in [2.45, 2.75) is 33.1 Å². The molecule has 0 radical (unpaired) electrons. The number of carbonyl (C=O) groups is 1. The molecule has 150 valence electrons. The molecule has 7 heteroatoms. The molecule has 0 saturated heterocycles. The first-order valence-corrected chi connectivity index (χ1v) is 10.4. The number of ether oxygens (including phenoxy) is 2. The Morgan fingerprint density at radius 1 is 1.25 bits per heavy atom. The number of aromatic nitrogens is 2. The van der Waals surface area contributed by atoms with Gasteiger partial charge in [0.05, 0.1) is 26.3 Å². The van der Waals surface area contributed by atoms with Crippen molar-refractivity contribution >= 4 is 22.2 Å². The normalized spacial score (nSPS) is 11.0. The van der Waals surface area contributed by atoms with E-state index in [1.54, 1.807) is 25.6 Å². The van der Waals surface area contributed by atoms with Crippen molar-refractivity contribution in [3.63, 3.8) is 0 Å². The number of imidazole rings is 1. The first-order valence-electron chi connectivity index (χ1n) is 9.56. The molecular weight excluding hydrogens is 374 g/mol. The van der Waals surface area contributed by atoms with Crippen LogP contribution in [0.4, 0.5) is 0 Å². The molecule has 0 N–H and O–H groups in total. The van der Waals surface area contributed by atoms with Crippen LogP contribution in [0, 0.1) is 0 Å². The number of fused-ring (bicyclic) bond motifs is 1. The third-order valence-electron chi connectivity index (χ3n) is 4.81. The zero-order chi connectivity index (χ0) is 20.1. The Morgan fingerprint density at radius 2 is 2.07 bits per heavy atom. The van der Waals surface area contributed by atoms with Crippen molar-refractivity contribution in [2.75, 3.05) is 27.3 Å². The van der Waals surface area contributed by atoms with Gasteiger partial charge in [0.2, 0.25) is 5.91 Å². The smallest absolute Gasteiger partial charge is 0.228 e. The molecule has 0 atom stereocenters. The molecular formula is C21H27N3O3S. The van der Waals surface area contributed by atoms with Crippen molar-refractivity contribution in [1.29, 1.82) is 0 Å². The van der Waals surface area contributed by atoms with Gasteiger partial charge >= 0.3 is 0 Å². The van der Waals surface area contributed by atoms with Gasteiger partial charge in [0.15, 0.2) is 4.96 Å². The highest BCUT2D eigenvalue weighted by atomic mass is 32.1. The van der Waals surface area contributed by atoms with E-state index in [9.17, 15) is 4.79 Å². The fourth-order valence-corrected chi connectivity index (χ4v) is 4.05. The van der Waals surface area contributed by atoms with E-state index in [-0.39, 0.29) is 5.91 Å². The second-order valence-electron chi connectivity index (χ2n) is 6.58. The van der Waals surface area contributed by atoms with Crippen molar-refractivity contribution in [3.8, 4) is 22.8 Å². The Kier molecular flexibility index (Phi) is 6.57. The average molecular weight is 402 g/mol. The predicted molar refractivity (Wildman–Crippen MR) is 112 cm³/mol. The van der Waals surface area contributed by atoms with E-state index in [0.29, 0.717) is 6.42 Å². The number of likely N-dealkylation sites (N-methyl/N-ethyl adjacent to an activating group) is 1. The van der Waals surface area contributed by atoms with Gasteiger partial charge in [0.1, 0.15) is 11.5 Å². The number of benzene rings is 1. The number of hydrogen-bond acceptors (Lipinski definition) is 5. The quantitative estimate of drug-likeness (QED) is 0.537. The third-order valence-corrected chi connectivity index (χ3v) is 5.70. The molecule has 3 aromatic rings. The van der Waals surface area contributed by atoms with E-state index in [1.807, 2.05) is 46.0 Å². The zero-order valence-corrected chi connectivity index (χ0v) is 17.7. The Labute approximate surface area is 169 Å². The monoisotopic (exact) mass is 401 g/mol. The topological polar surface area (TPSA) is 56.1 Å². The first-order chi connectivity index (χ1) is 13.6. The predicted octanol–water partition coefficient (Wildman–Crippen LogP) is 4.27. The summed E-state index contributed by atoms with van der Waals surface area (Å²) < 4.78 is 12.8. The van der Waals surface area contributed by atoms with Crippen LogP contribution in [0.5, 0.6) is 11.5 Å². The number of thiazole rings is 1. The molecule has 0 spiro atoms. The summed E-state index contributed by atoms with van der Waals surface area (Å²) in [7, 11) is 3.28. The van der Waals surface area contributed by atoms with Crippen LogP contribution in [0.2, 0.25) is 0 Å². The highest BCUT2D eigenvalue weighted by Crippen LogP contribution is 2.34. The second kappa shape index (κ2) is 9.10. The number of hydrogen-bond donors (Lipinski definition) is 0. The molecule has 0 aliphatic rings. The van der Waals surface area contributed by atoms with Crippen LogP contribution < -0.4 is 9.47 Å². The number of unbranched alkanes of at least 4 members (excludes halogenated alkanes) is 1. The largest absolute Gasteiger partial charge is 0.497 e. The molecule has 1 amide bonds. The van der Waals surface area contributed by atoms with E-state index in [2.05, 4.69) is 6.92 Å². The van der Waals surface area contributed by atoms with E-state index in [0.717, 1.165) is 59.3 Å². The molecule has 0 saturated carbocycles. The maximum atomic E-state index is 12.7. The van der Waals surface area contributed by atoms with Gasteiger partial charge in [0.25, 0.3) is 0 Å². The molecule has 2 aromatic heterocycles. The molecule has 2 heterocycles. The Hall–Kier alpha value is -2.54. The summed E-state index contributed by atoms with van der Waals surface area (Å²) >= 11 is 1.54. The molecule has 1 aromatic carbocycles. The van der Waals surface area contributed by atoms with Crippen LogP contribution in [0.1, 0.15) is 32.4 Å². The number of nitrogens with zero attached hydrogens (tertiary/aromatic N) is 3. The third kappa shape index (κ3) is 4.14. The summed E-state index contributed by atoms with van der Waals surface area (Å²) in [5, 5.41) is 2.01. The van der Waals surface area contributed by atoms with Crippen LogP contribution in [0.25, 0.3) is 16.2 Å². The lowest BCUT2D eigenvalue weighted by molar-refractivity contribution is -0.130. The van der Waals surface area contributed by atoms with Crippen LogP contribution in [0.15, 0.2) is 29.8 Å². The van der Waals surface area contributed by atoms with Crippen molar-refractivity contribution in [3.05, 3.63) is 35.5 Å². The maximum Gasteiger partial charge on any atom is 0.228 e. The second-order valence-corrected chi connectivity index (χ2v) is 7.41. The minimum absolute atomic E-state index is 0.157. The van der Waals surface area contributed by atoms with Crippen LogP contribution in [-0.4, -0.2) is 47.5 Å². The van der Waals surface area contributed by atoms with Gasteiger partial charge in [-0.2, -0.15) is 0 Å². The standard InChI is InChI=1S/C21H27N3O3S/c1-5-7-10-23(6-2)20(25)11-15-14-28-21-22-18(13-24(15)21)17-12-16(26-3)8-9-19(17)27-4/h8-9,12-14H,5-7,10-11H2,1-4H3. The van der Waals surface area contributed by atoms with Gasteiger partial charge in [-0.3, -0.25) is 9.20 Å². The lowest BCUT2D eigenvalue weighted by atomic mass is 10.1. The Bertz CT molecular complexity index is 948. The fraction of sp³-hybridized carbons (Fsp3) is 0.429. The van der Waals surface area contributed by atoms with Gasteiger partial charge < -0.3 is 14.4 Å². The number of amides is 1. The molecule has 0 bridgehead atoms. The van der Waals surface area contributed by atoms with Crippen LogP contribution in [0.3, 0.4) is 0 Å². The molecule has 0 aliphatic heterocycles. The molecule has 6 nitrogen and oxygen atoms in total. The maximum absolute atomic E-state index is 12.7. The Balaban J connectivity index is 1.89. The highest BCUT2D eigenvalue weighted by molar-refractivity contribution is 7.15. The summed E-state index contributed by atoms with van der Waals surface area (Å²) in [6, 6.07) is 5.65. The van der Waals surface area contributed by atoms with Gasteiger partial charge in [-0.25, -0.2) is 4.98 Å². The van der Waals surface area contributed by atoms with E-state index in [1.165, 1.54) is 0 Å². The minimum atomic E-state index is 0.157.